The van der Waals surface area contributed by atoms with Crippen molar-refractivity contribution < 1.29 is 0 Å². The van der Waals surface area contributed by atoms with Crippen LogP contribution in [0.2, 0.25) is 0 Å². The number of hydrogen-bond acceptors (Lipinski definition) is 2. The molecule has 0 amide bonds. The third kappa shape index (κ3) is 4.02. The molecule has 0 aromatic carbocycles. The average molecular weight is 103 g/mol. The maximum absolute atomic E-state index is 6.87. The standard InChI is InChI=1S/C4H9NS/c1-4(5)3-6-2/h5H,3H2,1-2H3. The Kier molecular flexibility index (Phi) is 3.23. The van der Waals surface area contributed by atoms with E-state index < -0.39 is 0 Å². The van der Waals surface area contributed by atoms with Gasteiger partial charge in [-0.25, -0.2) is 0 Å². The van der Waals surface area contributed by atoms with Crippen molar-refractivity contribution in [3.8, 4) is 0 Å². The predicted molar refractivity (Wildman–Crippen MR) is 31.8 cm³/mol. The first-order valence-corrected chi connectivity index (χ1v) is 3.19. The lowest BCUT2D eigenvalue weighted by atomic mass is 10.5. The third-order valence-corrected chi connectivity index (χ3v) is 1.08. The zero-order valence-electron chi connectivity index (χ0n) is 4.12. The highest BCUT2D eigenvalue weighted by Crippen LogP contribution is 1.89. The molecule has 0 aliphatic carbocycles. The van der Waals surface area contributed by atoms with E-state index in [0.29, 0.717) is 0 Å². The van der Waals surface area contributed by atoms with E-state index in [9.17, 15) is 0 Å². The molecule has 0 atom stereocenters. The van der Waals surface area contributed by atoms with Crippen LogP contribution < -0.4 is 0 Å². The van der Waals surface area contributed by atoms with Gasteiger partial charge in [-0.1, -0.05) is 0 Å². The molecule has 0 aromatic heterocycles. The second-order valence-electron chi connectivity index (χ2n) is 1.21. The monoisotopic (exact) mass is 103 g/mol. The first-order valence-electron chi connectivity index (χ1n) is 1.80. The Bertz CT molecular complexity index is 51.5. The van der Waals surface area contributed by atoms with Crippen molar-refractivity contribution in [3.63, 3.8) is 0 Å². The number of thioether (sulfide) groups is 1. The van der Waals surface area contributed by atoms with Crippen molar-refractivity contribution in [2.75, 3.05) is 12.0 Å². The fourth-order valence-electron chi connectivity index (χ4n) is 0.217. The molecule has 1 N–H and O–H groups in total. The minimum atomic E-state index is 0.752. The van der Waals surface area contributed by atoms with Gasteiger partial charge in [-0.2, -0.15) is 11.8 Å². The molecule has 0 rings (SSSR count). The SMILES string of the molecule is CSCC(C)=N. The molecule has 6 heavy (non-hydrogen) atoms. The molecule has 0 spiro atoms. The maximum atomic E-state index is 6.87. The fraction of sp³-hybridized carbons (Fsp3) is 0.750. The molecule has 0 aliphatic rings. The topological polar surface area (TPSA) is 23.9 Å². The van der Waals surface area contributed by atoms with Crippen molar-refractivity contribution in [2.45, 2.75) is 6.92 Å². The molecular weight excluding hydrogens is 94.1 g/mol. The number of nitrogens with one attached hydrogen (secondary N) is 1. The summed E-state index contributed by atoms with van der Waals surface area (Å²) in [5, 5.41) is 6.87. The van der Waals surface area contributed by atoms with Gasteiger partial charge < -0.3 is 5.41 Å². The largest absolute Gasteiger partial charge is 0.309 e. The van der Waals surface area contributed by atoms with Gasteiger partial charge in [0.25, 0.3) is 0 Å². The molecule has 1 nitrogen and oxygen atoms in total. The van der Waals surface area contributed by atoms with Crippen LogP contribution in [-0.4, -0.2) is 17.7 Å². The lowest BCUT2D eigenvalue weighted by Gasteiger charge is -1.85. The van der Waals surface area contributed by atoms with Crippen LogP contribution in [0, 0.1) is 5.41 Å². The lowest BCUT2D eigenvalue weighted by Crippen LogP contribution is -1.88. The highest BCUT2D eigenvalue weighted by molar-refractivity contribution is 7.99. The first-order chi connectivity index (χ1) is 2.77. The lowest BCUT2D eigenvalue weighted by molar-refractivity contribution is 1.46. The molecule has 0 unspecified atom stereocenters. The van der Waals surface area contributed by atoms with Crippen LogP contribution >= 0.6 is 11.8 Å². The predicted octanol–water partition coefficient (Wildman–Crippen LogP) is 1.39. The summed E-state index contributed by atoms with van der Waals surface area (Å²) in [4.78, 5) is 0. The first kappa shape index (κ1) is 6.02. The molecule has 0 aliphatic heterocycles. The van der Waals surface area contributed by atoms with Gasteiger partial charge in [-0.3, -0.25) is 0 Å². The Hall–Kier alpha value is 0.0200. The molecule has 0 radical (unpaired) electrons. The Labute approximate surface area is 42.6 Å². The Morgan fingerprint density at radius 2 is 2.33 bits per heavy atom. The van der Waals surface area contributed by atoms with E-state index in [0.717, 1.165) is 11.5 Å². The number of hydrogen-bond donors (Lipinski definition) is 1. The highest BCUT2D eigenvalue weighted by Gasteiger charge is 1.78. The minimum Gasteiger partial charge on any atom is -0.309 e. The summed E-state index contributed by atoms with van der Waals surface area (Å²) in [7, 11) is 0. The van der Waals surface area contributed by atoms with Crippen molar-refractivity contribution >= 4 is 17.5 Å². The van der Waals surface area contributed by atoms with Gasteiger partial charge >= 0.3 is 0 Å². The smallest absolute Gasteiger partial charge is 0.0306 e. The Morgan fingerprint density at radius 1 is 1.83 bits per heavy atom. The van der Waals surface area contributed by atoms with Gasteiger partial charge in [-0.15, -0.1) is 0 Å². The van der Waals surface area contributed by atoms with Crippen molar-refractivity contribution in [1.82, 2.24) is 0 Å². The van der Waals surface area contributed by atoms with E-state index in [-0.39, 0.29) is 0 Å². The summed E-state index contributed by atoms with van der Waals surface area (Å²) in [6, 6.07) is 0. The van der Waals surface area contributed by atoms with Gasteiger partial charge in [0, 0.05) is 11.5 Å². The van der Waals surface area contributed by atoms with Gasteiger partial charge in [-0.05, 0) is 13.2 Å². The molecule has 36 valence electrons. The van der Waals surface area contributed by atoms with Crippen molar-refractivity contribution in [3.05, 3.63) is 0 Å². The van der Waals surface area contributed by atoms with Gasteiger partial charge in [0.2, 0.25) is 0 Å². The minimum absolute atomic E-state index is 0.752. The molecule has 0 bridgehead atoms. The van der Waals surface area contributed by atoms with Gasteiger partial charge in [0.05, 0.1) is 0 Å². The quantitative estimate of drug-likeness (QED) is 0.524. The number of rotatable bonds is 2. The van der Waals surface area contributed by atoms with E-state index in [4.69, 9.17) is 5.41 Å². The zero-order chi connectivity index (χ0) is 4.99. The molecule has 2 heteroatoms. The summed E-state index contributed by atoms with van der Waals surface area (Å²) in [5.74, 6) is 0.875. The molecular formula is C4H9NS. The van der Waals surface area contributed by atoms with E-state index in [1.54, 1.807) is 11.8 Å². The van der Waals surface area contributed by atoms with Crippen LogP contribution in [0.25, 0.3) is 0 Å². The second kappa shape index (κ2) is 3.22. The molecule has 0 aromatic rings. The van der Waals surface area contributed by atoms with E-state index >= 15 is 0 Å². The summed E-state index contributed by atoms with van der Waals surface area (Å²) in [5.41, 5.74) is 0.752. The molecule has 0 saturated carbocycles. The van der Waals surface area contributed by atoms with Gasteiger partial charge in [0.15, 0.2) is 0 Å². The zero-order valence-corrected chi connectivity index (χ0v) is 4.93. The fourth-order valence-corrected chi connectivity index (χ4v) is 0.650. The van der Waals surface area contributed by atoms with Crippen LogP contribution in [0.1, 0.15) is 6.92 Å². The Balaban J connectivity index is 2.83. The normalized spacial score (nSPS) is 8.33. The van der Waals surface area contributed by atoms with Crippen molar-refractivity contribution in [1.29, 1.82) is 5.41 Å². The van der Waals surface area contributed by atoms with Crippen LogP contribution in [0.15, 0.2) is 0 Å². The van der Waals surface area contributed by atoms with E-state index in [2.05, 4.69) is 0 Å². The van der Waals surface area contributed by atoms with Gasteiger partial charge in [0.1, 0.15) is 0 Å². The molecule has 0 saturated heterocycles. The van der Waals surface area contributed by atoms with Crippen molar-refractivity contribution in [2.24, 2.45) is 0 Å². The van der Waals surface area contributed by atoms with Crippen LogP contribution in [0.5, 0.6) is 0 Å². The maximum Gasteiger partial charge on any atom is 0.0306 e. The van der Waals surface area contributed by atoms with Crippen LogP contribution in [-0.2, 0) is 0 Å². The second-order valence-corrected chi connectivity index (χ2v) is 2.08. The summed E-state index contributed by atoms with van der Waals surface area (Å²) >= 11 is 1.69. The average Bonchev–Trinajstić information content (AvgIpc) is 1.35. The highest BCUT2D eigenvalue weighted by atomic mass is 32.2. The third-order valence-electron chi connectivity index (χ3n) is 0.361. The van der Waals surface area contributed by atoms with E-state index in [1.165, 1.54) is 0 Å². The van der Waals surface area contributed by atoms with E-state index in [1.807, 2.05) is 13.2 Å². The molecule has 0 heterocycles. The van der Waals surface area contributed by atoms with Crippen LogP contribution in [0.4, 0.5) is 0 Å². The summed E-state index contributed by atoms with van der Waals surface area (Å²) in [6.45, 7) is 1.82. The molecule has 0 fully saturated rings. The van der Waals surface area contributed by atoms with Crippen LogP contribution in [0.3, 0.4) is 0 Å². The Morgan fingerprint density at radius 3 is 2.33 bits per heavy atom. The summed E-state index contributed by atoms with van der Waals surface area (Å²) < 4.78 is 0. The summed E-state index contributed by atoms with van der Waals surface area (Å²) in [6.07, 6.45) is 2.00.